The van der Waals surface area contributed by atoms with Crippen LogP contribution in [0.1, 0.15) is 34.7 Å². The highest BCUT2D eigenvalue weighted by atomic mass is 16.5. The summed E-state index contributed by atoms with van der Waals surface area (Å²) in [5.41, 5.74) is 1.35. The Bertz CT molecular complexity index is 673. The Hall–Kier alpha value is -2.43. The largest absolute Gasteiger partial charge is 0.496 e. The highest BCUT2D eigenvalue weighted by Gasteiger charge is 2.38. The third-order valence-electron chi connectivity index (χ3n) is 3.54. The van der Waals surface area contributed by atoms with E-state index in [0.717, 1.165) is 0 Å². The highest BCUT2D eigenvalue weighted by molar-refractivity contribution is 6.26. The zero-order valence-electron chi connectivity index (χ0n) is 11.3. The van der Waals surface area contributed by atoms with Crippen LogP contribution in [-0.2, 0) is 4.74 Å². The molecule has 20 heavy (non-hydrogen) atoms. The number of allylic oxidation sites excluding steroid dienone is 2. The smallest absolute Gasteiger partial charge is 0.211 e. The van der Waals surface area contributed by atoms with Gasteiger partial charge in [0.2, 0.25) is 11.6 Å². The molecule has 0 saturated carbocycles. The lowest BCUT2D eigenvalue weighted by Crippen LogP contribution is -2.35. The van der Waals surface area contributed by atoms with Gasteiger partial charge in [-0.05, 0) is 19.1 Å². The Kier molecular flexibility index (Phi) is 2.89. The van der Waals surface area contributed by atoms with E-state index in [2.05, 4.69) is 10.3 Å². The summed E-state index contributed by atoms with van der Waals surface area (Å²) in [5, 5.41) is 2.90. The maximum atomic E-state index is 12.6. The summed E-state index contributed by atoms with van der Waals surface area (Å²) in [6.45, 7) is 4.25. The molecule has 1 aliphatic carbocycles. The number of hydrogen-bond donors (Lipinski definition) is 1. The van der Waals surface area contributed by atoms with Gasteiger partial charge in [-0.15, -0.1) is 0 Å². The number of carbonyl (C=O) groups is 2. The molecular formula is C15H14N2O3. The van der Waals surface area contributed by atoms with Crippen molar-refractivity contribution in [2.24, 2.45) is 5.92 Å². The van der Waals surface area contributed by atoms with E-state index in [4.69, 9.17) is 4.74 Å². The molecule has 0 aromatic carbocycles. The van der Waals surface area contributed by atoms with Crippen LogP contribution >= 0.6 is 0 Å². The highest BCUT2D eigenvalue weighted by Crippen LogP contribution is 2.34. The average Bonchev–Trinajstić information content (AvgIpc) is 2.47. The third-order valence-corrected chi connectivity index (χ3v) is 3.54. The molecule has 1 aromatic rings. The minimum Gasteiger partial charge on any atom is -0.496 e. The predicted octanol–water partition coefficient (Wildman–Crippen LogP) is 1.83. The Balaban J connectivity index is 2.09. The van der Waals surface area contributed by atoms with Crippen molar-refractivity contribution in [1.82, 2.24) is 10.3 Å². The second-order valence-electron chi connectivity index (χ2n) is 4.69. The van der Waals surface area contributed by atoms with Gasteiger partial charge < -0.3 is 10.1 Å². The van der Waals surface area contributed by atoms with Gasteiger partial charge in [0.25, 0.3) is 0 Å². The fourth-order valence-electron chi connectivity index (χ4n) is 2.57. The molecule has 2 aliphatic rings. The van der Waals surface area contributed by atoms with Crippen molar-refractivity contribution in [1.29, 1.82) is 0 Å². The standard InChI is InChI=1S/C15H14N2O3/c1-3-20-10-7-17-13-11(8(10)2)15(19)12-9(14(13)18)5-4-6-16-12/h4-8,17H,3H2,1-2H3. The molecule has 5 heteroatoms. The van der Waals surface area contributed by atoms with E-state index < -0.39 is 0 Å². The number of aromatic nitrogens is 1. The number of nitrogens with zero attached hydrogens (tertiary/aromatic N) is 1. The zero-order valence-corrected chi connectivity index (χ0v) is 11.3. The number of rotatable bonds is 2. The van der Waals surface area contributed by atoms with Crippen LogP contribution < -0.4 is 5.32 Å². The second-order valence-corrected chi connectivity index (χ2v) is 4.69. The summed E-state index contributed by atoms with van der Waals surface area (Å²) in [4.78, 5) is 29.0. The molecule has 3 rings (SSSR count). The molecule has 1 aromatic heterocycles. The summed E-state index contributed by atoms with van der Waals surface area (Å²) >= 11 is 0. The van der Waals surface area contributed by atoms with Gasteiger partial charge in [0.15, 0.2) is 0 Å². The Morgan fingerprint density at radius 2 is 2.15 bits per heavy atom. The van der Waals surface area contributed by atoms with E-state index in [0.29, 0.717) is 29.2 Å². The molecule has 0 amide bonds. The number of ketones is 2. The van der Waals surface area contributed by atoms with Crippen LogP contribution in [0.2, 0.25) is 0 Å². The van der Waals surface area contributed by atoms with Crippen molar-refractivity contribution in [3.63, 3.8) is 0 Å². The molecule has 0 saturated heterocycles. The maximum Gasteiger partial charge on any atom is 0.211 e. The zero-order chi connectivity index (χ0) is 14.3. The normalized spacial score (nSPS) is 20.9. The van der Waals surface area contributed by atoms with Crippen LogP contribution in [0.4, 0.5) is 0 Å². The van der Waals surface area contributed by atoms with E-state index in [1.54, 1.807) is 18.3 Å². The van der Waals surface area contributed by atoms with Crippen LogP contribution in [-0.4, -0.2) is 23.2 Å². The summed E-state index contributed by atoms with van der Waals surface area (Å²) in [6.07, 6.45) is 3.18. The number of dihydropyridines is 1. The van der Waals surface area contributed by atoms with Crippen LogP contribution in [0.5, 0.6) is 0 Å². The van der Waals surface area contributed by atoms with Crippen molar-refractivity contribution >= 4 is 11.6 Å². The number of ether oxygens (including phenoxy) is 1. The first-order valence-corrected chi connectivity index (χ1v) is 6.53. The predicted molar refractivity (Wildman–Crippen MR) is 71.9 cm³/mol. The SMILES string of the molecule is CCOC1=CNC2=C(C(=O)c3ncccc3C2=O)C1C. The van der Waals surface area contributed by atoms with E-state index in [9.17, 15) is 9.59 Å². The van der Waals surface area contributed by atoms with Gasteiger partial charge in [-0.25, -0.2) is 0 Å². The van der Waals surface area contributed by atoms with Gasteiger partial charge in [-0.2, -0.15) is 0 Å². The number of pyridine rings is 1. The van der Waals surface area contributed by atoms with E-state index >= 15 is 0 Å². The minimum absolute atomic E-state index is 0.193. The topological polar surface area (TPSA) is 68.3 Å². The van der Waals surface area contributed by atoms with Crippen molar-refractivity contribution in [2.75, 3.05) is 6.61 Å². The molecule has 0 spiro atoms. The number of hydrogen-bond acceptors (Lipinski definition) is 5. The summed E-state index contributed by atoms with van der Waals surface area (Å²) < 4.78 is 5.50. The van der Waals surface area contributed by atoms with Crippen LogP contribution in [0.15, 0.2) is 41.6 Å². The molecule has 0 fully saturated rings. The van der Waals surface area contributed by atoms with Gasteiger partial charge in [-0.1, -0.05) is 6.92 Å². The van der Waals surface area contributed by atoms with Crippen molar-refractivity contribution in [3.05, 3.63) is 52.8 Å². The van der Waals surface area contributed by atoms with Crippen molar-refractivity contribution in [2.45, 2.75) is 13.8 Å². The summed E-state index contributed by atoms with van der Waals surface area (Å²) in [7, 11) is 0. The molecule has 1 atom stereocenters. The van der Waals surface area contributed by atoms with E-state index in [1.807, 2.05) is 13.8 Å². The van der Waals surface area contributed by atoms with Crippen molar-refractivity contribution in [3.8, 4) is 0 Å². The first-order chi connectivity index (χ1) is 9.65. The lowest BCUT2D eigenvalue weighted by atomic mass is 9.82. The minimum atomic E-state index is -0.252. The quantitative estimate of drug-likeness (QED) is 0.888. The summed E-state index contributed by atoms with van der Waals surface area (Å²) in [5.74, 6) is 0.00596. The van der Waals surface area contributed by atoms with Gasteiger partial charge in [-0.3, -0.25) is 14.6 Å². The fraction of sp³-hybridized carbons (Fsp3) is 0.267. The number of fused-ring (bicyclic) bond motifs is 1. The van der Waals surface area contributed by atoms with Crippen LogP contribution in [0, 0.1) is 5.92 Å². The average molecular weight is 270 g/mol. The van der Waals surface area contributed by atoms with Crippen LogP contribution in [0.3, 0.4) is 0 Å². The monoisotopic (exact) mass is 270 g/mol. The molecule has 2 heterocycles. The summed E-state index contributed by atoms with van der Waals surface area (Å²) in [6, 6.07) is 3.28. The number of nitrogens with one attached hydrogen (secondary N) is 1. The lowest BCUT2D eigenvalue weighted by molar-refractivity contribution is 0.0947. The molecule has 102 valence electrons. The van der Waals surface area contributed by atoms with Crippen LogP contribution in [0.25, 0.3) is 0 Å². The molecule has 1 unspecified atom stereocenters. The molecule has 0 radical (unpaired) electrons. The molecule has 0 bridgehead atoms. The van der Waals surface area contributed by atoms with Gasteiger partial charge in [0.05, 0.1) is 17.9 Å². The number of carbonyl (C=O) groups excluding carboxylic acids is 2. The Morgan fingerprint density at radius 1 is 1.35 bits per heavy atom. The maximum absolute atomic E-state index is 12.6. The first kappa shape index (κ1) is 12.6. The van der Waals surface area contributed by atoms with Gasteiger partial charge >= 0.3 is 0 Å². The van der Waals surface area contributed by atoms with Gasteiger partial charge in [0, 0.05) is 23.9 Å². The third kappa shape index (κ3) is 1.66. The molecule has 1 aliphatic heterocycles. The van der Waals surface area contributed by atoms with Crippen molar-refractivity contribution < 1.29 is 14.3 Å². The Morgan fingerprint density at radius 3 is 2.90 bits per heavy atom. The number of Topliss-reactive ketones (excluding diaryl/α,β-unsaturated/α-hetero) is 2. The first-order valence-electron chi connectivity index (χ1n) is 6.53. The Labute approximate surface area is 116 Å². The lowest BCUT2D eigenvalue weighted by Gasteiger charge is -2.29. The van der Waals surface area contributed by atoms with Gasteiger partial charge in [0.1, 0.15) is 11.5 Å². The fourth-order valence-corrected chi connectivity index (χ4v) is 2.57. The molecular weight excluding hydrogens is 256 g/mol. The molecule has 1 N–H and O–H groups in total. The second kappa shape index (κ2) is 4.59. The molecule has 5 nitrogen and oxygen atoms in total. The van der Waals surface area contributed by atoms with E-state index in [-0.39, 0.29) is 23.2 Å². The van der Waals surface area contributed by atoms with E-state index in [1.165, 1.54) is 6.20 Å².